The summed E-state index contributed by atoms with van der Waals surface area (Å²) in [5.41, 5.74) is 1.90. The molecule has 0 saturated carbocycles. The van der Waals surface area contributed by atoms with Crippen molar-refractivity contribution in [1.82, 2.24) is 20.2 Å². The van der Waals surface area contributed by atoms with Gasteiger partial charge in [-0.25, -0.2) is 9.78 Å². The highest BCUT2D eigenvalue weighted by atomic mass is 32.2. The standard InChI is InChI=1S/C19H12N6O4S/c1-10-16(13(5-8-20-10)29-14-3-2-6-22-24-14)25-12-4-7-21-17-15(12)11(23-18(25)26)9-30(17)19(27)28/h2-9H,1H3,(H-,23,26,27,28)/p+1. The number of anilines is 3. The maximum atomic E-state index is 13.1. The van der Waals surface area contributed by atoms with Crippen LogP contribution in [0.3, 0.4) is 0 Å². The van der Waals surface area contributed by atoms with Gasteiger partial charge in [-0.3, -0.25) is 9.88 Å². The van der Waals surface area contributed by atoms with Gasteiger partial charge in [-0.2, -0.15) is 9.89 Å². The van der Waals surface area contributed by atoms with Crippen LogP contribution in [0.5, 0.6) is 11.6 Å². The Bertz CT molecular complexity index is 1320. The molecule has 30 heavy (non-hydrogen) atoms. The summed E-state index contributed by atoms with van der Waals surface area (Å²) >= 11 is 0. The van der Waals surface area contributed by atoms with E-state index in [0.29, 0.717) is 38.7 Å². The monoisotopic (exact) mass is 421 g/mol. The molecular formula is C19H13N6O4S+. The van der Waals surface area contributed by atoms with Crippen LogP contribution in [-0.2, 0) is 0 Å². The average Bonchev–Trinajstić information content (AvgIpc) is 3.10. The second-order valence-corrected chi connectivity index (χ2v) is 7.97. The van der Waals surface area contributed by atoms with Crippen LogP contribution in [-0.4, -0.2) is 36.6 Å². The molecule has 0 fully saturated rings. The quantitative estimate of drug-likeness (QED) is 0.461. The molecule has 5 heterocycles. The number of hydrogen-bond acceptors (Lipinski definition) is 7. The topological polar surface area (TPSA) is 130 Å². The van der Waals surface area contributed by atoms with Crippen molar-refractivity contribution < 1.29 is 19.4 Å². The molecule has 11 heteroatoms. The van der Waals surface area contributed by atoms with Crippen molar-refractivity contribution in [1.29, 1.82) is 0 Å². The molecule has 2 N–H and O–H groups in total. The van der Waals surface area contributed by atoms with E-state index in [9.17, 15) is 14.7 Å². The molecular weight excluding hydrogens is 408 g/mol. The number of carbonyl (C=O) groups excluding carboxylic acids is 1. The molecule has 10 nitrogen and oxygen atoms in total. The van der Waals surface area contributed by atoms with Gasteiger partial charge in [0.05, 0.1) is 11.4 Å². The number of pyridine rings is 2. The van der Waals surface area contributed by atoms with E-state index in [1.165, 1.54) is 22.7 Å². The minimum Gasteiger partial charge on any atom is -0.437 e. The number of carboxylic acid groups (broad SMARTS) is 1. The third-order valence-electron chi connectivity index (χ3n) is 4.54. The molecule has 5 rings (SSSR count). The Balaban J connectivity index is 1.72. The fourth-order valence-electron chi connectivity index (χ4n) is 3.34. The number of amides is 2. The van der Waals surface area contributed by atoms with Crippen molar-refractivity contribution in [3.8, 4) is 11.6 Å². The van der Waals surface area contributed by atoms with E-state index in [-0.39, 0.29) is 5.88 Å². The minimum atomic E-state index is -1.25. The number of hydrogen-bond donors (Lipinski definition) is 2. The first-order chi connectivity index (χ1) is 14.5. The number of nitrogens with one attached hydrogen (secondary N) is 1. The fourth-order valence-corrected chi connectivity index (χ4v) is 4.74. The van der Waals surface area contributed by atoms with Crippen LogP contribution < -0.4 is 15.0 Å². The Morgan fingerprint density at radius 3 is 2.80 bits per heavy atom. The summed E-state index contributed by atoms with van der Waals surface area (Å²) in [6.07, 6.45) is 4.59. The molecule has 0 bridgehead atoms. The lowest BCUT2D eigenvalue weighted by Crippen LogP contribution is -2.34. The fraction of sp³-hybridized carbons (Fsp3) is 0.0526. The number of rotatable bonds is 4. The Labute approximate surface area is 171 Å². The smallest absolute Gasteiger partial charge is 0.437 e. The van der Waals surface area contributed by atoms with Crippen LogP contribution in [0.25, 0.3) is 10.2 Å². The summed E-state index contributed by atoms with van der Waals surface area (Å²) in [5.74, 6) is 0.612. The van der Waals surface area contributed by atoms with E-state index in [1.54, 1.807) is 37.4 Å². The van der Waals surface area contributed by atoms with Gasteiger partial charge in [-0.1, -0.05) is 0 Å². The van der Waals surface area contributed by atoms with E-state index < -0.39 is 21.8 Å². The summed E-state index contributed by atoms with van der Waals surface area (Å²) in [6, 6.07) is 6.16. The molecule has 1 atom stereocenters. The molecule has 0 aliphatic carbocycles. The highest BCUT2D eigenvalue weighted by Gasteiger charge is 2.37. The van der Waals surface area contributed by atoms with Crippen LogP contribution in [0, 0.1) is 6.92 Å². The zero-order valence-corrected chi connectivity index (χ0v) is 16.3. The van der Waals surface area contributed by atoms with Gasteiger partial charge in [0, 0.05) is 30.7 Å². The van der Waals surface area contributed by atoms with Gasteiger partial charge in [0.25, 0.3) is 4.83 Å². The van der Waals surface area contributed by atoms with Gasteiger partial charge in [-0.15, -0.1) is 5.10 Å². The Morgan fingerprint density at radius 1 is 1.20 bits per heavy atom. The third-order valence-corrected chi connectivity index (χ3v) is 6.11. The second-order valence-electron chi connectivity index (χ2n) is 6.32. The number of urea groups is 1. The predicted octanol–water partition coefficient (Wildman–Crippen LogP) is 4.48. The van der Waals surface area contributed by atoms with Gasteiger partial charge in [0.1, 0.15) is 27.2 Å². The maximum Gasteiger partial charge on any atom is 0.554 e. The van der Waals surface area contributed by atoms with Gasteiger partial charge >= 0.3 is 11.3 Å². The molecule has 0 spiro atoms. The normalized spacial score (nSPS) is 13.3. The first kappa shape index (κ1) is 17.9. The number of thiophene rings is 1. The summed E-state index contributed by atoms with van der Waals surface area (Å²) in [4.78, 5) is 35.1. The number of aromatic nitrogens is 4. The van der Waals surface area contributed by atoms with Gasteiger partial charge < -0.3 is 15.2 Å². The van der Waals surface area contributed by atoms with E-state index in [2.05, 4.69) is 25.5 Å². The van der Waals surface area contributed by atoms with Crippen LogP contribution >= 0.6 is 10.5 Å². The summed E-state index contributed by atoms with van der Waals surface area (Å²) < 4.78 is 5.88. The van der Waals surface area contributed by atoms with Crippen LogP contribution in [0.2, 0.25) is 0 Å². The number of aryl methyl sites for hydroxylation is 1. The average molecular weight is 421 g/mol. The first-order valence-electron chi connectivity index (χ1n) is 8.74. The zero-order chi connectivity index (χ0) is 20.8. The lowest BCUT2D eigenvalue weighted by Gasteiger charge is -2.29. The van der Waals surface area contributed by atoms with Crippen molar-refractivity contribution >= 4 is 49.1 Å². The third kappa shape index (κ3) is 2.71. The Morgan fingerprint density at radius 2 is 2.03 bits per heavy atom. The van der Waals surface area contributed by atoms with E-state index in [1.807, 2.05) is 0 Å². The number of ether oxygens (including phenoxy) is 1. The highest BCUT2D eigenvalue weighted by molar-refractivity contribution is 7.54. The van der Waals surface area contributed by atoms with E-state index in [0.717, 1.165) is 0 Å². The molecule has 1 unspecified atom stereocenters. The first-order valence-corrected chi connectivity index (χ1v) is 10.0. The summed E-state index contributed by atoms with van der Waals surface area (Å²) in [7, 11) is -1.25. The van der Waals surface area contributed by atoms with Gasteiger partial charge in [0.2, 0.25) is 5.88 Å². The molecule has 1 aliphatic rings. The molecule has 4 aromatic rings. The summed E-state index contributed by atoms with van der Waals surface area (Å²) in [5, 5.41) is 21.1. The Kier molecular flexibility index (Phi) is 4.03. The molecule has 0 aromatic carbocycles. The van der Waals surface area contributed by atoms with Crippen molar-refractivity contribution in [2.24, 2.45) is 0 Å². The molecule has 148 valence electrons. The zero-order valence-electron chi connectivity index (χ0n) is 15.4. The molecule has 4 aromatic heterocycles. The Hall–Kier alpha value is -4.12. The highest BCUT2D eigenvalue weighted by Crippen LogP contribution is 2.49. The van der Waals surface area contributed by atoms with Crippen LogP contribution in [0.4, 0.5) is 26.7 Å². The van der Waals surface area contributed by atoms with Crippen LogP contribution in [0.1, 0.15) is 5.69 Å². The number of nitrogens with zero attached hydrogens (tertiary/aromatic N) is 5. The minimum absolute atomic E-state index is 0.259. The van der Waals surface area contributed by atoms with Crippen molar-refractivity contribution in [2.45, 2.75) is 6.92 Å². The van der Waals surface area contributed by atoms with Crippen molar-refractivity contribution in [3.63, 3.8) is 0 Å². The summed E-state index contributed by atoms with van der Waals surface area (Å²) in [6.45, 7) is 1.75. The molecule has 2 amide bonds. The number of carbonyl (C=O) groups is 2. The van der Waals surface area contributed by atoms with E-state index in [4.69, 9.17) is 4.74 Å². The van der Waals surface area contributed by atoms with Crippen molar-refractivity contribution in [3.05, 3.63) is 53.9 Å². The lowest BCUT2D eigenvalue weighted by atomic mass is 10.1. The maximum absolute atomic E-state index is 13.1. The lowest BCUT2D eigenvalue weighted by molar-refractivity contribution is 0.221. The second kappa shape index (κ2) is 6.74. The predicted molar refractivity (Wildman–Crippen MR) is 110 cm³/mol. The van der Waals surface area contributed by atoms with Gasteiger partial charge in [0.15, 0.2) is 11.1 Å². The van der Waals surface area contributed by atoms with Crippen LogP contribution in [0.15, 0.2) is 48.2 Å². The SMILES string of the molecule is Cc1nccc(Oc2cccnn2)c1N1C(=O)Nc2c[s+](C(=O)O)c3nccc1c23. The van der Waals surface area contributed by atoms with Gasteiger partial charge in [-0.05, 0) is 19.1 Å². The molecule has 0 saturated heterocycles. The largest absolute Gasteiger partial charge is 0.554 e. The molecule has 1 aliphatic heterocycles. The molecule has 0 radical (unpaired) electrons. The van der Waals surface area contributed by atoms with E-state index >= 15 is 0 Å². The van der Waals surface area contributed by atoms with Crippen molar-refractivity contribution in [2.75, 3.05) is 10.2 Å².